The van der Waals surface area contributed by atoms with Crippen LogP contribution in [-0.2, 0) is 24.4 Å². The first-order valence-corrected chi connectivity index (χ1v) is 10.1. The minimum absolute atomic E-state index is 0.297. The summed E-state index contributed by atoms with van der Waals surface area (Å²) >= 11 is 1.65. The third kappa shape index (κ3) is 4.63. The molecule has 1 atom stereocenters. The fourth-order valence-corrected chi connectivity index (χ4v) is 3.90. The zero-order chi connectivity index (χ0) is 17.8. The molecule has 1 unspecified atom stereocenters. The number of hydrogen-bond donors (Lipinski definition) is 0. The lowest BCUT2D eigenvalue weighted by Crippen LogP contribution is -2.23. The minimum atomic E-state index is 0.297. The van der Waals surface area contributed by atoms with Crippen LogP contribution in [0.4, 0.5) is 0 Å². The molecule has 136 valence electrons. The molecule has 0 aliphatic carbocycles. The largest absolute Gasteiger partial charge is 0.376 e. The highest BCUT2D eigenvalue weighted by Crippen LogP contribution is 2.21. The standard InChI is InChI=1S/C19H28N4OS/c1-14-7-8-16(15(2)10-14)11-22(3)13-18-20-21-19(25-4)23(18)12-17-6-5-9-24-17/h7-8,10,17H,5-6,9,11-13H2,1-4H3. The summed E-state index contributed by atoms with van der Waals surface area (Å²) in [6.07, 6.45) is 4.64. The maximum absolute atomic E-state index is 5.81. The van der Waals surface area contributed by atoms with Crippen LogP contribution >= 0.6 is 11.8 Å². The van der Waals surface area contributed by atoms with Crippen LogP contribution in [0.2, 0.25) is 0 Å². The Morgan fingerprint density at radius 3 is 2.80 bits per heavy atom. The van der Waals surface area contributed by atoms with Crippen molar-refractivity contribution >= 4 is 11.8 Å². The topological polar surface area (TPSA) is 43.2 Å². The Morgan fingerprint density at radius 2 is 2.12 bits per heavy atom. The molecule has 6 heteroatoms. The number of aryl methyl sites for hydroxylation is 2. The van der Waals surface area contributed by atoms with Crippen molar-refractivity contribution < 1.29 is 4.74 Å². The van der Waals surface area contributed by atoms with Crippen molar-refractivity contribution in [3.8, 4) is 0 Å². The molecule has 1 aliphatic rings. The summed E-state index contributed by atoms with van der Waals surface area (Å²) in [5.74, 6) is 1.02. The average Bonchev–Trinajstić information content (AvgIpc) is 3.21. The van der Waals surface area contributed by atoms with Gasteiger partial charge in [-0.25, -0.2) is 0 Å². The van der Waals surface area contributed by atoms with Crippen molar-refractivity contribution in [2.75, 3.05) is 19.9 Å². The molecule has 3 rings (SSSR count). The lowest BCUT2D eigenvalue weighted by Gasteiger charge is -2.20. The summed E-state index contributed by atoms with van der Waals surface area (Å²) in [6.45, 7) is 7.75. The van der Waals surface area contributed by atoms with E-state index in [2.05, 4.69) is 65.0 Å². The van der Waals surface area contributed by atoms with Gasteiger partial charge in [-0.1, -0.05) is 35.5 Å². The third-order valence-corrected chi connectivity index (χ3v) is 5.40. The maximum Gasteiger partial charge on any atom is 0.191 e. The first kappa shape index (κ1) is 18.4. The Balaban J connectivity index is 1.69. The smallest absolute Gasteiger partial charge is 0.191 e. The molecule has 0 N–H and O–H groups in total. The number of benzene rings is 1. The molecule has 1 aromatic heterocycles. The number of rotatable bonds is 7. The number of thioether (sulfide) groups is 1. The van der Waals surface area contributed by atoms with Gasteiger partial charge in [-0.3, -0.25) is 4.90 Å². The molecule has 0 amide bonds. The van der Waals surface area contributed by atoms with Crippen LogP contribution in [0.1, 0.15) is 35.4 Å². The molecule has 1 saturated heterocycles. The Hall–Kier alpha value is -1.37. The lowest BCUT2D eigenvalue weighted by molar-refractivity contribution is 0.0934. The second-order valence-electron chi connectivity index (χ2n) is 6.95. The molecule has 0 saturated carbocycles. The van der Waals surface area contributed by atoms with E-state index >= 15 is 0 Å². The molecule has 1 aromatic carbocycles. The molecule has 1 aliphatic heterocycles. The quantitative estimate of drug-likeness (QED) is 0.708. The van der Waals surface area contributed by atoms with E-state index in [-0.39, 0.29) is 0 Å². The molecule has 0 radical (unpaired) electrons. The molecule has 0 bridgehead atoms. The van der Waals surface area contributed by atoms with Crippen LogP contribution in [0.15, 0.2) is 23.4 Å². The van der Waals surface area contributed by atoms with Crippen LogP contribution < -0.4 is 0 Å². The zero-order valence-electron chi connectivity index (χ0n) is 15.7. The van der Waals surface area contributed by atoms with E-state index in [4.69, 9.17) is 4.74 Å². The van der Waals surface area contributed by atoms with Crippen molar-refractivity contribution in [2.24, 2.45) is 0 Å². The van der Waals surface area contributed by atoms with Crippen LogP contribution in [0.3, 0.4) is 0 Å². The van der Waals surface area contributed by atoms with Crippen molar-refractivity contribution in [2.45, 2.75) is 57.6 Å². The number of nitrogens with zero attached hydrogens (tertiary/aromatic N) is 4. The molecule has 1 fully saturated rings. The van der Waals surface area contributed by atoms with Crippen molar-refractivity contribution in [1.82, 2.24) is 19.7 Å². The van der Waals surface area contributed by atoms with E-state index in [1.807, 2.05) is 0 Å². The second-order valence-corrected chi connectivity index (χ2v) is 7.72. The fourth-order valence-electron chi connectivity index (χ4n) is 3.37. The number of hydrogen-bond acceptors (Lipinski definition) is 5. The average molecular weight is 361 g/mol. The second kappa shape index (κ2) is 8.34. The molecular weight excluding hydrogens is 332 g/mol. The van der Waals surface area contributed by atoms with E-state index in [1.54, 1.807) is 11.8 Å². The Kier molecular flexibility index (Phi) is 6.15. The van der Waals surface area contributed by atoms with E-state index in [9.17, 15) is 0 Å². The Morgan fingerprint density at radius 1 is 1.28 bits per heavy atom. The highest BCUT2D eigenvalue weighted by atomic mass is 32.2. The lowest BCUT2D eigenvalue weighted by atomic mass is 10.1. The number of ether oxygens (including phenoxy) is 1. The first-order valence-electron chi connectivity index (χ1n) is 8.89. The predicted molar refractivity (Wildman–Crippen MR) is 102 cm³/mol. The molecule has 25 heavy (non-hydrogen) atoms. The summed E-state index contributed by atoms with van der Waals surface area (Å²) in [7, 11) is 2.14. The third-order valence-electron chi connectivity index (χ3n) is 4.74. The summed E-state index contributed by atoms with van der Waals surface area (Å²) in [5.41, 5.74) is 4.02. The van der Waals surface area contributed by atoms with Gasteiger partial charge >= 0.3 is 0 Å². The summed E-state index contributed by atoms with van der Waals surface area (Å²) in [6, 6.07) is 6.66. The Bertz CT molecular complexity index is 709. The van der Waals surface area contributed by atoms with Gasteiger partial charge in [-0.15, -0.1) is 10.2 Å². The van der Waals surface area contributed by atoms with Crippen molar-refractivity contribution in [3.05, 3.63) is 40.7 Å². The van der Waals surface area contributed by atoms with Crippen LogP contribution in [-0.4, -0.2) is 45.7 Å². The minimum Gasteiger partial charge on any atom is -0.376 e. The van der Waals surface area contributed by atoms with E-state index in [1.165, 1.54) is 16.7 Å². The molecule has 2 heterocycles. The van der Waals surface area contributed by atoms with E-state index < -0.39 is 0 Å². The van der Waals surface area contributed by atoms with Crippen LogP contribution in [0.5, 0.6) is 0 Å². The van der Waals surface area contributed by atoms with Gasteiger partial charge in [-0.2, -0.15) is 0 Å². The SMILES string of the molecule is CSc1nnc(CN(C)Cc2ccc(C)cc2C)n1CC1CCCO1. The van der Waals surface area contributed by atoms with Gasteiger partial charge in [0.25, 0.3) is 0 Å². The van der Waals surface area contributed by atoms with Crippen LogP contribution in [0, 0.1) is 13.8 Å². The zero-order valence-corrected chi connectivity index (χ0v) is 16.5. The fraction of sp³-hybridized carbons (Fsp3) is 0.579. The number of aromatic nitrogens is 3. The monoisotopic (exact) mass is 360 g/mol. The summed E-state index contributed by atoms with van der Waals surface area (Å²) < 4.78 is 8.04. The van der Waals surface area contributed by atoms with E-state index in [0.717, 1.165) is 50.1 Å². The highest BCUT2D eigenvalue weighted by Gasteiger charge is 2.21. The van der Waals surface area contributed by atoms with Crippen LogP contribution in [0.25, 0.3) is 0 Å². The molecule has 5 nitrogen and oxygen atoms in total. The van der Waals surface area contributed by atoms with Gasteiger partial charge in [0.15, 0.2) is 5.16 Å². The van der Waals surface area contributed by atoms with Gasteiger partial charge < -0.3 is 9.30 Å². The van der Waals surface area contributed by atoms with E-state index in [0.29, 0.717) is 6.10 Å². The van der Waals surface area contributed by atoms with Gasteiger partial charge in [0.2, 0.25) is 0 Å². The molecule has 0 spiro atoms. The molecular formula is C19H28N4OS. The van der Waals surface area contributed by atoms with Gasteiger partial charge in [-0.05, 0) is 51.1 Å². The van der Waals surface area contributed by atoms with Gasteiger partial charge in [0.05, 0.1) is 19.2 Å². The normalized spacial score (nSPS) is 17.6. The Labute approximate surface area is 154 Å². The summed E-state index contributed by atoms with van der Waals surface area (Å²) in [5, 5.41) is 9.78. The molecule has 2 aromatic rings. The van der Waals surface area contributed by atoms with Crippen molar-refractivity contribution in [3.63, 3.8) is 0 Å². The first-order chi connectivity index (χ1) is 12.1. The summed E-state index contributed by atoms with van der Waals surface area (Å²) in [4.78, 5) is 2.30. The van der Waals surface area contributed by atoms with Crippen molar-refractivity contribution in [1.29, 1.82) is 0 Å². The van der Waals surface area contributed by atoms with Gasteiger partial charge in [0, 0.05) is 13.2 Å². The predicted octanol–water partition coefficient (Wildman–Crippen LogP) is 3.43. The maximum atomic E-state index is 5.81. The van der Waals surface area contributed by atoms with Gasteiger partial charge in [0.1, 0.15) is 5.82 Å². The highest BCUT2D eigenvalue weighted by molar-refractivity contribution is 7.98.